The van der Waals surface area contributed by atoms with Crippen molar-refractivity contribution < 1.29 is 4.21 Å². The molecule has 3 rings (SSSR count). The van der Waals surface area contributed by atoms with Crippen LogP contribution >= 0.6 is 22.9 Å². The van der Waals surface area contributed by atoms with E-state index in [1.165, 1.54) is 11.3 Å². The lowest BCUT2D eigenvalue weighted by Gasteiger charge is -2.01. The summed E-state index contributed by atoms with van der Waals surface area (Å²) in [5.41, 5.74) is 8.03. The average Bonchev–Trinajstić information content (AvgIpc) is 2.84. The Bertz CT molecular complexity index is 803. The Morgan fingerprint density at radius 1 is 1.35 bits per heavy atom. The van der Waals surface area contributed by atoms with E-state index in [4.69, 9.17) is 17.3 Å². The summed E-state index contributed by atoms with van der Waals surface area (Å²) in [5, 5.41) is 0.520. The third kappa shape index (κ3) is 2.67. The highest BCUT2D eigenvalue weighted by molar-refractivity contribution is 7.86. The summed E-state index contributed by atoms with van der Waals surface area (Å²) in [6, 6.07) is 7.23. The molecule has 102 valence electrons. The van der Waals surface area contributed by atoms with E-state index in [2.05, 4.69) is 9.97 Å². The molecule has 0 saturated carbocycles. The van der Waals surface area contributed by atoms with Crippen LogP contribution in [0.1, 0.15) is 5.56 Å². The third-order valence-corrected chi connectivity index (χ3v) is 5.75. The van der Waals surface area contributed by atoms with Gasteiger partial charge in [-0.1, -0.05) is 11.6 Å². The molecular weight excluding hydrogens is 314 g/mol. The maximum atomic E-state index is 12.4. The number of nitrogens with zero attached hydrogens (tertiary/aromatic N) is 2. The highest BCUT2D eigenvalue weighted by atomic mass is 35.5. The van der Waals surface area contributed by atoms with E-state index in [0.29, 0.717) is 20.8 Å². The summed E-state index contributed by atoms with van der Waals surface area (Å²) >= 11 is 7.42. The molecule has 0 radical (unpaired) electrons. The van der Waals surface area contributed by atoms with Crippen LogP contribution < -0.4 is 5.73 Å². The molecule has 1 atom stereocenters. The van der Waals surface area contributed by atoms with Crippen LogP contribution in [0.3, 0.4) is 0 Å². The van der Waals surface area contributed by atoms with Crippen molar-refractivity contribution >= 4 is 49.6 Å². The molecule has 0 aliphatic carbocycles. The predicted octanol–water partition coefficient (Wildman–Crippen LogP) is 3.23. The number of thiazole rings is 1. The van der Waals surface area contributed by atoms with Crippen LogP contribution in [0.2, 0.25) is 5.02 Å². The number of hydrogen-bond acceptors (Lipinski definition) is 5. The van der Waals surface area contributed by atoms with Gasteiger partial charge in [0, 0.05) is 18.1 Å². The Kier molecular flexibility index (Phi) is 3.69. The van der Waals surface area contributed by atoms with Crippen molar-refractivity contribution in [2.45, 2.75) is 10.1 Å². The standard InChI is InChI=1S/C13H10ClN3OS2/c14-10-6-16-4-3-8(10)7-20(18)13-17-11-2-1-9(15)5-12(11)19-13/h1-6H,7,15H2. The number of aromatic nitrogens is 2. The maximum Gasteiger partial charge on any atom is 0.182 e. The predicted molar refractivity (Wildman–Crippen MR) is 83.4 cm³/mol. The summed E-state index contributed by atoms with van der Waals surface area (Å²) in [4.78, 5) is 8.30. The molecule has 0 spiro atoms. The molecule has 2 N–H and O–H groups in total. The van der Waals surface area contributed by atoms with Gasteiger partial charge in [0.25, 0.3) is 0 Å². The van der Waals surface area contributed by atoms with E-state index in [-0.39, 0.29) is 0 Å². The lowest BCUT2D eigenvalue weighted by Crippen LogP contribution is -1.96. The van der Waals surface area contributed by atoms with E-state index in [1.807, 2.05) is 12.1 Å². The van der Waals surface area contributed by atoms with Gasteiger partial charge in [0.15, 0.2) is 4.34 Å². The first-order valence-electron chi connectivity index (χ1n) is 5.76. The van der Waals surface area contributed by atoms with Crippen LogP contribution in [-0.4, -0.2) is 14.2 Å². The van der Waals surface area contributed by atoms with Gasteiger partial charge in [0.05, 0.1) is 31.8 Å². The first kappa shape index (κ1) is 13.5. The Balaban J connectivity index is 1.91. The van der Waals surface area contributed by atoms with Gasteiger partial charge in [-0.05, 0) is 29.8 Å². The molecule has 20 heavy (non-hydrogen) atoms. The van der Waals surface area contributed by atoms with Crippen molar-refractivity contribution in [2.24, 2.45) is 0 Å². The molecule has 4 nitrogen and oxygen atoms in total. The van der Waals surface area contributed by atoms with Gasteiger partial charge >= 0.3 is 0 Å². The monoisotopic (exact) mass is 323 g/mol. The zero-order valence-corrected chi connectivity index (χ0v) is 12.6. The number of benzene rings is 1. The first-order valence-corrected chi connectivity index (χ1v) is 8.27. The van der Waals surface area contributed by atoms with E-state index >= 15 is 0 Å². The van der Waals surface area contributed by atoms with E-state index in [0.717, 1.165) is 15.8 Å². The first-order chi connectivity index (χ1) is 9.63. The van der Waals surface area contributed by atoms with Gasteiger partial charge in [-0.25, -0.2) is 4.98 Å². The molecule has 1 unspecified atom stereocenters. The highest BCUT2D eigenvalue weighted by Gasteiger charge is 2.13. The minimum Gasteiger partial charge on any atom is -0.399 e. The second-order valence-electron chi connectivity index (χ2n) is 4.16. The number of pyridine rings is 1. The van der Waals surface area contributed by atoms with Crippen molar-refractivity contribution in [3.63, 3.8) is 0 Å². The van der Waals surface area contributed by atoms with Crippen molar-refractivity contribution in [2.75, 3.05) is 5.73 Å². The normalized spacial score (nSPS) is 12.7. The molecule has 0 bridgehead atoms. The molecule has 2 aromatic heterocycles. The van der Waals surface area contributed by atoms with E-state index < -0.39 is 10.8 Å². The molecule has 0 aliphatic rings. The van der Waals surface area contributed by atoms with Gasteiger partial charge in [-0.15, -0.1) is 11.3 Å². The van der Waals surface area contributed by atoms with Crippen LogP contribution in [0.15, 0.2) is 41.0 Å². The van der Waals surface area contributed by atoms with Crippen molar-refractivity contribution in [1.29, 1.82) is 0 Å². The Morgan fingerprint density at radius 3 is 3.00 bits per heavy atom. The van der Waals surface area contributed by atoms with Crippen LogP contribution in [0.5, 0.6) is 0 Å². The molecule has 1 aromatic carbocycles. The van der Waals surface area contributed by atoms with Crippen molar-refractivity contribution in [3.8, 4) is 0 Å². The summed E-state index contributed by atoms with van der Waals surface area (Å²) in [6.45, 7) is 0. The molecule has 0 fully saturated rings. The third-order valence-electron chi connectivity index (χ3n) is 2.73. The molecule has 7 heteroatoms. The van der Waals surface area contributed by atoms with Gasteiger partial charge < -0.3 is 5.73 Å². The van der Waals surface area contributed by atoms with Gasteiger partial charge in [0.2, 0.25) is 0 Å². The van der Waals surface area contributed by atoms with Gasteiger partial charge in [0.1, 0.15) is 0 Å². The molecule has 3 aromatic rings. The average molecular weight is 324 g/mol. The molecule has 0 aliphatic heterocycles. The number of halogens is 1. The summed E-state index contributed by atoms with van der Waals surface area (Å²) in [6.07, 6.45) is 3.19. The highest BCUT2D eigenvalue weighted by Crippen LogP contribution is 2.28. The quantitative estimate of drug-likeness (QED) is 0.751. The molecular formula is C13H10ClN3OS2. The van der Waals surface area contributed by atoms with Crippen LogP contribution in [0, 0.1) is 0 Å². The lowest BCUT2D eigenvalue weighted by molar-refractivity contribution is 0.682. The summed E-state index contributed by atoms with van der Waals surface area (Å²) < 4.78 is 13.9. The van der Waals surface area contributed by atoms with Gasteiger partial charge in [-0.3, -0.25) is 9.19 Å². The second-order valence-corrected chi connectivity index (χ2v) is 7.23. The fraction of sp³-hybridized carbons (Fsp3) is 0.0769. The van der Waals surface area contributed by atoms with Crippen molar-refractivity contribution in [3.05, 3.63) is 47.2 Å². The summed E-state index contributed by atoms with van der Waals surface area (Å²) in [5.74, 6) is 0.330. The summed E-state index contributed by atoms with van der Waals surface area (Å²) in [7, 11) is -1.23. The van der Waals surface area contributed by atoms with Crippen molar-refractivity contribution in [1.82, 2.24) is 9.97 Å². The molecule has 2 heterocycles. The number of rotatable bonds is 3. The van der Waals surface area contributed by atoms with E-state index in [9.17, 15) is 4.21 Å². The van der Waals surface area contributed by atoms with Crippen LogP contribution in [0.4, 0.5) is 5.69 Å². The Hall–Kier alpha value is -1.50. The van der Waals surface area contributed by atoms with E-state index in [1.54, 1.807) is 24.5 Å². The zero-order chi connectivity index (χ0) is 14.1. The second kappa shape index (κ2) is 5.47. The number of nitrogen functional groups attached to an aromatic ring is 1. The smallest absolute Gasteiger partial charge is 0.182 e. The Morgan fingerprint density at radius 2 is 2.20 bits per heavy atom. The Labute approximate surface area is 127 Å². The SMILES string of the molecule is Nc1ccc2nc(S(=O)Cc3ccncc3Cl)sc2c1. The largest absolute Gasteiger partial charge is 0.399 e. The molecule has 0 amide bonds. The molecule has 0 saturated heterocycles. The number of fused-ring (bicyclic) bond motifs is 1. The van der Waals surface area contributed by atoms with Gasteiger partial charge in [-0.2, -0.15) is 0 Å². The topological polar surface area (TPSA) is 68.9 Å². The maximum absolute atomic E-state index is 12.4. The van der Waals surface area contributed by atoms with Crippen LogP contribution in [0.25, 0.3) is 10.2 Å². The number of anilines is 1. The lowest BCUT2D eigenvalue weighted by atomic mass is 10.3. The minimum atomic E-state index is -1.23. The number of hydrogen-bond donors (Lipinski definition) is 1. The zero-order valence-electron chi connectivity index (χ0n) is 10.2. The minimum absolute atomic E-state index is 0.330. The van der Waals surface area contributed by atoms with Crippen LogP contribution in [-0.2, 0) is 16.6 Å². The number of nitrogens with two attached hydrogens (primary N) is 1. The fourth-order valence-electron chi connectivity index (χ4n) is 1.74. The fourth-order valence-corrected chi connectivity index (χ4v) is 4.43.